The fraction of sp³-hybridized carbons (Fsp3) is 0.368. The van der Waals surface area contributed by atoms with E-state index in [1.165, 1.54) is 10.6 Å². The molecule has 0 radical (unpaired) electrons. The Morgan fingerprint density at radius 3 is 2.62 bits per heavy atom. The number of aryl methyl sites for hydroxylation is 1. The van der Waals surface area contributed by atoms with Gasteiger partial charge in [0.1, 0.15) is 0 Å². The van der Waals surface area contributed by atoms with Crippen LogP contribution in [-0.2, 0) is 9.59 Å². The quantitative estimate of drug-likeness (QED) is 0.679. The maximum Gasteiger partial charge on any atom is 0.227 e. The second kappa shape index (κ2) is 8.23. The van der Waals surface area contributed by atoms with E-state index in [2.05, 4.69) is 39.2 Å². The monoisotopic (exact) mass is 372 g/mol. The second-order valence-corrected chi connectivity index (χ2v) is 7.55. The summed E-state index contributed by atoms with van der Waals surface area (Å²) in [4.78, 5) is 27.0. The van der Waals surface area contributed by atoms with Crippen LogP contribution in [-0.4, -0.2) is 32.5 Å². The molecule has 1 aliphatic rings. The number of nitrogens with zero attached hydrogens (tertiary/aromatic N) is 1. The molecule has 2 amide bonds. The molecule has 1 aliphatic heterocycles. The van der Waals surface area contributed by atoms with E-state index in [1.807, 2.05) is 12.1 Å². The van der Waals surface area contributed by atoms with Crippen molar-refractivity contribution in [2.24, 2.45) is 5.92 Å². The fourth-order valence-electron chi connectivity index (χ4n) is 3.26. The van der Waals surface area contributed by atoms with Crippen LogP contribution in [0.2, 0.25) is 0 Å². The Labute approximate surface area is 157 Å². The normalized spacial score (nSPS) is 14.8. The summed E-state index contributed by atoms with van der Waals surface area (Å²) in [5, 5.41) is 10.8. The van der Waals surface area contributed by atoms with Gasteiger partial charge >= 0.3 is 0 Å². The number of carbonyl (C=O) groups is 2. The van der Waals surface area contributed by atoms with Crippen LogP contribution in [0, 0.1) is 12.8 Å². The third-order valence-electron chi connectivity index (χ3n) is 4.72. The van der Waals surface area contributed by atoms with Crippen LogP contribution in [0.4, 0.5) is 22.7 Å². The first-order chi connectivity index (χ1) is 12.6. The van der Waals surface area contributed by atoms with Crippen molar-refractivity contribution in [3.63, 3.8) is 0 Å². The van der Waals surface area contributed by atoms with Crippen molar-refractivity contribution >= 4 is 46.4 Å². The molecular weight excluding hydrogens is 348 g/mol. The summed E-state index contributed by atoms with van der Waals surface area (Å²) >= 11 is 1.76. The Morgan fingerprint density at radius 2 is 2.00 bits per heavy atom. The lowest BCUT2D eigenvalue weighted by atomic mass is 9.95. The Bertz CT molecular complexity index is 782. The molecular formula is C19H24N4O2S. The predicted molar refractivity (Wildman–Crippen MR) is 108 cm³/mol. The standard InChI is InChI=1S/C19H24N4O2S/c1-13-9-16(11-26-13)23-7-5-14(6-8-23)19(25)22-15-3-4-17(20-2)18(10-15)21-12-24/h3-4,9-12,14,20H,5-8H2,1-2H3,(H,21,24)(H,22,25). The molecule has 2 heterocycles. The van der Waals surface area contributed by atoms with Crippen molar-refractivity contribution in [3.05, 3.63) is 34.5 Å². The Balaban J connectivity index is 1.59. The Morgan fingerprint density at radius 1 is 1.23 bits per heavy atom. The van der Waals surface area contributed by atoms with Crippen molar-refractivity contribution < 1.29 is 9.59 Å². The third-order valence-corrected chi connectivity index (χ3v) is 5.57. The summed E-state index contributed by atoms with van der Waals surface area (Å²) in [6.07, 6.45) is 2.31. The van der Waals surface area contributed by atoms with Gasteiger partial charge in [-0.15, -0.1) is 11.3 Å². The van der Waals surface area contributed by atoms with Crippen LogP contribution < -0.4 is 20.9 Å². The van der Waals surface area contributed by atoms with Gasteiger partial charge in [0, 0.05) is 47.7 Å². The van der Waals surface area contributed by atoms with Gasteiger partial charge in [-0.05, 0) is 44.0 Å². The molecule has 2 aromatic rings. The van der Waals surface area contributed by atoms with E-state index in [1.54, 1.807) is 24.5 Å². The lowest BCUT2D eigenvalue weighted by Crippen LogP contribution is -2.38. The molecule has 0 atom stereocenters. The molecule has 3 N–H and O–H groups in total. The summed E-state index contributed by atoms with van der Waals surface area (Å²) in [5.74, 6) is 0.0536. The largest absolute Gasteiger partial charge is 0.386 e. The van der Waals surface area contributed by atoms with Gasteiger partial charge in [-0.3, -0.25) is 9.59 Å². The first-order valence-electron chi connectivity index (χ1n) is 8.73. The lowest BCUT2D eigenvalue weighted by molar-refractivity contribution is -0.120. The highest BCUT2D eigenvalue weighted by Gasteiger charge is 2.25. The minimum absolute atomic E-state index is 0.0115. The third kappa shape index (κ3) is 4.16. The van der Waals surface area contributed by atoms with E-state index in [9.17, 15) is 9.59 Å². The first kappa shape index (κ1) is 18.3. The highest BCUT2D eigenvalue weighted by molar-refractivity contribution is 7.10. The lowest BCUT2D eigenvalue weighted by Gasteiger charge is -2.32. The number of carbonyl (C=O) groups excluding carboxylic acids is 2. The fourth-order valence-corrected chi connectivity index (χ4v) is 3.98. The van der Waals surface area contributed by atoms with E-state index in [4.69, 9.17) is 0 Å². The average molecular weight is 372 g/mol. The van der Waals surface area contributed by atoms with Gasteiger partial charge in [0.2, 0.25) is 12.3 Å². The van der Waals surface area contributed by atoms with Crippen LogP contribution in [0.15, 0.2) is 29.6 Å². The summed E-state index contributed by atoms with van der Waals surface area (Å²) in [6, 6.07) is 7.64. The smallest absolute Gasteiger partial charge is 0.227 e. The van der Waals surface area contributed by atoms with Crippen molar-refractivity contribution in [3.8, 4) is 0 Å². The molecule has 1 saturated heterocycles. The van der Waals surface area contributed by atoms with Crippen LogP contribution in [0.1, 0.15) is 17.7 Å². The van der Waals surface area contributed by atoms with Crippen molar-refractivity contribution in [2.45, 2.75) is 19.8 Å². The van der Waals surface area contributed by atoms with Crippen LogP contribution >= 0.6 is 11.3 Å². The van der Waals surface area contributed by atoms with E-state index in [-0.39, 0.29) is 11.8 Å². The summed E-state index contributed by atoms with van der Waals surface area (Å²) in [7, 11) is 1.78. The van der Waals surface area contributed by atoms with E-state index < -0.39 is 0 Å². The number of thiophene rings is 1. The molecule has 0 saturated carbocycles. The number of benzene rings is 1. The van der Waals surface area contributed by atoms with Crippen molar-refractivity contribution in [2.75, 3.05) is 41.0 Å². The van der Waals surface area contributed by atoms with Crippen molar-refractivity contribution in [1.82, 2.24) is 0 Å². The molecule has 138 valence electrons. The highest BCUT2D eigenvalue weighted by Crippen LogP contribution is 2.29. The summed E-state index contributed by atoms with van der Waals surface area (Å²) < 4.78 is 0. The first-order valence-corrected chi connectivity index (χ1v) is 9.61. The maximum absolute atomic E-state index is 12.6. The molecule has 1 aromatic heterocycles. The summed E-state index contributed by atoms with van der Waals surface area (Å²) in [6.45, 7) is 3.90. The second-order valence-electron chi connectivity index (χ2n) is 6.44. The van der Waals surface area contributed by atoms with E-state index >= 15 is 0 Å². The molecule has 1 aromatic carbocycles. The molecule has 0 aliphatic carbocycles. The number of hydrogen-bond donors (Lipinski definition) is 3. The molecule has 0 spiro atoms. The van der Waals surface area contributed by atoms with Crippen LogP contribution in [0.5, 0.6) is 0 Å². The molecule has 6 nitrogen and oxygen atoms in total. The molecule has 26 heavy (non-hydrogen) atoms. The van der Waals surface area contributed by atoms with Gasteiger partial charge in [-0.2, -0.15) is 0 Å². The number of nitrogens with one attached hydrogen (secondary N) is 3. The predicted octanol–water partition coefficient (Wildman–Crippen LogP) is 3.52. The van der Waals surface area contributed by atoms with Crippen LogP contribution in [0.25, 0.3) is 0 Å². The highest BCUT2D eigenvalue weighted by atomic mass is 32.1. The van der Waals surface area contributed by atoms with Gasteiger partial charge in [-0.25, -0.2) is 0 Å². The zero-order valence-electron chi connectivity index (χ0n) is 15.0. The number of amides is 2. The zero-order chi connectivity index (χ0) is 18.5. The van der Waals surface area contributed by atoms with Gasteiger partial charge in [0.15, 0.2) is 0 Å². The van der Waals surface area contributed by atoms with Gasteiger partial charge < -0.3 is 20.9 Å². The number of anilines is 4. The van der Waals surface area contributed by atoms with Gasteiger partial charge in [0.25, 0.3) is 0 Å². The topological polar surface area (TPSA) is 73.5 Å². The van der Waals surface area contributed by atoms with E-state index in [0.717, 1.165) is 31.6 Å². The van der Waals surface area contributed by atoms with Crippen LogP contribution in [0.3, 0.4) is 0 Å². The van der Waals surface area contributed by atoms with Gasteiger partial charge in [0.05, 0.1) is 11.4 Å². The minimum atomic E-state index is 0.0115. The Kier molecular flexibility index (Phi) is 5.78. The number of rotatable bonds is 6. The Hall–Kier alpha value is -2.54. The van der Waals surface area contributed by atoms with Gasteiger partial charge in [-0.1, -0.05) is 0 Å². The summed E-state index contributed by atoms with van der Waals surface area (Å²) in [5.41, 5.74) is 3.39. The molecule has 3 rings (SSSR count). The molecule has 7 heteroatoms. The maximum atomic E-state index is 12.6. The van der Waals surface area contributed by atoms with Crippen molar-refractivity contribution in [1.29, 1.82) is 0 Å². The zero-order valence-corrected chi connectivity index (χ0v) is 15.9. The van der Waals surface area contributed by atoms with E-state index in [0.29, 0.717) is 17.8 Å². The molecule has 0 bridgehead atoms. The number of piperidine rings is 1. The SMILES string of the molecule is CNc1ccc(NC(=O)C2CCN(c3csc(C)c3)CC2)cc1NC=O. The average Bonchev–Trinajstić information content (AvgIpc) is 3.09. The number of hydrogen-bond acceptors (Lipinski definition) is 5. The molecule has 0 unspecified atom stereocenters. The minimum Gasteiger partial charge on any atom is -0.386 e. The molecule has 1 fully saturated rings.